The largest absolute Gasteiger partial charge is 0.433 e. The summed E-state index contributed by atoms with van der Waals surface area (Å²) < 4.78 is 2.19. The number of fused-ring (bicyclic) bond motifs is 3. The van der Waals surface area contributed by atoms with Gasteiger partial charge in [0.05, 0.1) is 11.4 Å². The first-order valence-electron chi connectivity index (χ1n) is 17.7. The van der Waals surface area contributed by atoms with Crippen LogP contribution in [-0.4, -0.2) is 28.2 Å². The third-order valence-corrected chi connectivity index (χ3v) is 10.1. The molecule has 2 N–H and O–H groups in total. The molecule has 0 unspecified atom stereocenters. The Morgan fingerprint density at radius 3 is 1.42 bits per heavy atom. The summed E-state index contributed by atoms with van der Waals surface area (Å²) in [6.07, 6.45) is 7.37. The van der Waals surface area contributed by atoms with Gasteiger partial charge in [0.25, 0.3) is 0 Å². The van der Waals surface area contributed by atoms with Crippen LogP contribution in [0.15, 0.2) is 107 Å². The summed E-state index contributed by atoms with van der Waals surface area (Å²) in [6, 6.07) is 32.2. The van der Waals surface area contributed by atoms with Crippen LogP contribution < -0.4 is 10.6 Å². The fourth-order valence-corrected chi connectivity index (χ4v) is 7.45. The van der Waals surface area contributed by atoms with Gasteiger partial charge in [-0.3, -0.25) is 9.68 Å². The quantitative estimate of drug-likeness (QED) is 0.0880. The van der Waals surface area contributed by atoms with Crippen LogP contribution in [0, 0.1) is 11.8 Å². The highest BCUT2D eigenvalue weighted by molar-refractivity contribution is 6.14. The first-order valence-corrected chi connectivity index (χ1v) is 17.7. The molecule has 0 aliphatic heterocycles. The minimum absolute atomic E-state index is 0.214. The second-order valence-corrected chi connectivity index (χ2v) is 13.4. The van der Waals surface area contributed by atoms with E-state index in [1.165, 1.54) is 0 Å². The van der Waals surface area contributed by atoms with Gasteiger partial charge in [0.15, 0.2) is 0 Å². The van der Waals surface area contributed by atoms with Gasteiger partial charge in [0.1, 0.15) is 0 Å². The summed E-state index contributed by atoms with van der Waals surface area (Å²) in [5, 5.41) is 16.7. The van der Waals surface area contributed by atoms with Crippen LogP contribution in [0.1, 0.15) is 73.6 Å². The van der Waals surface area contributed by atoms with Crippen molar-refractivity contribution in [1.82, 2.24) is 15.2 Å². The summed E-state index contributed by atoms with van der Waals surface area (Å²) >= 11 is 0. The minimum Gasteiger partial charge on any atom is -0.344 e. The average Bonchev–Trinajstić information content (AvgIpc) is 3.94. The molecule has 0 spiro atoms. The lowest BCUT2D eigenvalue weighted by molar-refractivity contribution is 0.148. The third-order valence-electron chi connectivity index (χ3n) is 10.1. The predicted octanol–water partition coefficient (Wildman–Crippen LogP) is 8.97. The Balaban J connectivity index is 1.17. The number of hydrogen-bond acceptors (Lipinski definition) is 6. The highest BCUT2D eigenvalue weighted by atomic mass is 16.7. The van der Waals surface area contributed by atoms with E-state index in [0.717, 1.165) is 107 Å². The lowest BCUT2D eigenvalue weighted by Crippen LogP contribution is -2.23. The van der Waals surface area contributed by atoms with E-state index >= 15 is 0 Å². The number of benzene rings is 4. The first kappa shape index (κ1) is 33.1. The number of nitrogens with one attached hydrogen (secondary N) is 2. The molecule has 9 heteroatoms. The molecule has 2 amide bonds. The number of nitrogens with zero attached hydrogens (tertiary/aromatic N) is 3. The van der Waals surface area contributed by atoms with Crippen molar-refractivity contribution in [3.63, 3.8) is 0 Å². The molecule has 1 heterocycles. The standard InChI is InChI=1S/C41H43N5O4/c1-46-36-22-20-32(38(30-16-8-9-17-30)44-49-40(47)42-26-28-12-4-2-5-13-28)24-34(36)35-25-33(21-23-37(35)46)39(31-18-10-11-19-31)45-50-41(48)43-27-29-14-6-3-7-15-29/h2-7,12-15,20-25,30-31H,8-11,16-19,26-27H2,1H3,(H,42,47)(H,43,48)/b44-38+,45-39+. The second kappa shape index (κ2) is 15.4. The molecule has 0 saturated heterocycles. The van der Waals surface area contributed by atoms with E-state index in [4.69, 9.17) is 9.68 Å². The Labute approximate surface area is 292 Å². The van der Waals surface area contributed by atoms with Gasteiger partial charge in [-0.1, -0.05) is 109 Å². The zero-order valence-electron chi connectivity index (χ0n) is 28.4. The topological polar surface area (TPSA) is 106 Å². The zero-order valence-corrected chi connectivity index (χ0v) is 28.4. The molecule has 7 rings (SSSR count). The fraction of sp³-hybridized carbons (Fsp3) is 0.317. The normalized spacial score (nSPS) is 15.9. The Morgan fingerprint density at radius 2 is 1.02 bits per heavy atom. The van der Waals surface area contributed by atoms with Crippen LogP contribution in [0.25, 0.3) is 21.8 Å². The Morgan fingerprint density at radius 1 is 0.620 bits per heavy atom. The number of rotatable bonds is 10. The van der Waals surface area contributed by atoms with Crippen molar-refractivity contribution in [2.24, 2.45) is 29.2 Å². The van der Waals surface area contributed by atoms with Crippen molar-refractivity contribution < 1.29 is 19.3 Å². The SMILES string of the molecule is Cn1c2ccc(/C(=N/OC(=O)NCc3ccccc3)C3CCCC3)cc2c2cc(/C(=N/OC(=O)NCc3ccccc3)C3CCCC3)ccc21. The molecule has 9 nitrogen and oxygen atoms in total. The van der Waals surface area contributed by atoms with Crippen LogP contribution >= 0.6 is 0 Å². The Kier molecular flexibility index (Phi) is 10.2. The van der Waals surface area contributed by atoms with E-state index in [9.17, 15) is 9.59 Å². The Hall–Kier alpha value is -5.44. The highest BCUT2D eigenvalue weighted by Gasteiger charge is 2.26. The number of aryl methyl sites for hydroxylation is 1. The number of hydrogen-bond donors (Lipinski definition) is 2. The van der Waals surface area contributed by atoms with Gasteiger partial charge in [0.2, 0.25) is 0 Å². The first-order chi connectivity index (χ1) is 24.5. The molecular formula is C41H43N5O4. The molecule has 2 fully saturated rings. The molecule has 4 aromatic carbocycles. The summed E-state index contributed by atoms with van der Waals surface area (Å²) in [4.78, 5) is 36.3. The maximum atomic E-state index is 12.7. The monoisotopic (exact) mass is 669 g/mol. The van der Waals surface area contributed by atoms with E-state index in [1.54, 1.807) is 0 Å². The molecule has 1 aromatic heterocycles. The maximum Gasteiger partial charge on any atom is 0.433 e. The molecule has 2 saturated carbocycles. The molecular weight excluding hydrogens is 626 g/mol. The van der Waals surface area contributed by atoms with Gasteiger partial charge in [-0.2, -0.15) is 0 Å². The Bertz CT molecular complexity index is 1880. The maximum absolute atomic E-state index is 12.7. The van der Waals surface area contributed by atoms with Gasteiger partial charge < -0.3 is 15.2 Å². The smallest absolute Gasteiger partial charge is 0.344 e. The van der Waals surface area contributed by atoms with Crippen molar-refractivity contribution in [2.75, 3.05) is 0 Å². The number of oxime groups is 2. The number of amides is 2. The second-order valence-electron chi connectivity index (χ2n) is 13.4. The van der Waals surface area contributed by atoms with Crippen LogP contribution in [0.4, 0.5) is 9.59 Å². The van der Waals surface area contributed by atoms with Gasteiger partial charge in [0, 0.05) is 64.9 Å². The van der Waals surface area contributed by atoms with Crippen LogP contribution in [0.5, 0.6) is 0 Å². The average molecular weight is 670 g/mol. The van der Waals surface area contributed by atoms with E-state index in [2.05, 4.69) is 69.0 Å². The van der Waals surface area contributed by atoms with Gasteiger partial charge in [-0.05, 0) is 61.1 Å². The van der Waals surface area contributed by atoms with E-state index in [1.807, 2.05) is 60.7 Å². The third kappa shape index (κ3) is 7.57. The molecule has 256 valence electrons. The van der Waals surface area contributed by atoms with Crippen LogP contribution in [0.2, 0.25) is 0 Å². The predicted molar refractivity (Wildman–Crippen MR) is 197 cm³/mol. The van der Waals surface area contributed by atoms with Crippen molar-refractivity contribution in [3.8, 4) is 0 Å². The van der Waals surface area contributed by atoms with E-state index in [0.29, 0.717) is 13.1 Å². The zero-order chi connectivity index (χ0) is 34.3. The van der Waals surface area contributed by atoms with Gasteiger partial charge in [-0.15, -0.1) is 0 Å². The minimum atomic E-state index is -0.574. The molecule has 5 aromatic rings. The molecule has 50 heavy (non-hydrogen) atoms. The van der Waals surface area contributed by atoms with Crippen LogP contribution in [-0.2, 0) is 29.8 Å². The van der Waals surface area contributed by atoms with Crippen molar-refractivity contribution in [3.05, 3.63) is 119 Å². The van der Waals surface area contributed by atoms with Crippen molar-refractivity contribution in [2.45, 2.75) is 64.5 Å². The number of carbonyl (C=O) groups excluding carboxylic acids is 2. The highest BCUT2D eigenvalue weighted by Crippen LogP contribution is 2.35. The fourth-order valence-electron chi connectivity index (χ4n) is 7.45. The van der Waals surface area contributed by atoms with Gasteiger partial charge in [-0.25, -0.2) is 9.59 Å². The number of aromatic nitrogens is 1. The number of carbonyl (C=O) groups is 2. The molecule has 0 radical (unpaired) electrons. The molecule has 2 aliphatic rings. The lowest BCUT2D eigenvalue weighted by atomic mass is 9.93. The van der Waals surface area contributed by atoms with Gasteiger partial charge >= 0.3 is 12.2 Å². The molecule has 2 aliphatic carbocycles. The van der Waals surface area contributed by atoms with Crippen molar-refractivity contribution in [1.29, 1.82) is 0 Å². The molecule has 0 bridgehead atoms. The van der Waals surface area contributed by atoms with E-state index in [-0.39, 0.29) is 11.8 Å². The van der Waals surface area contributed by atoms with Crippen molar-refractivity contribution >= 4 is 45.4 Å². The summed E-state index contributed by atoms with van der Waals surface area (Å²) in [6.45, 7) is 0.738. The summed E-state index contributed by atoms with van der Waals surface area (Å²) in [5.74, 6) is 0.428. The molecule has 0 atom stereocenters. The van der Waals surface area contributed by atoms with Crippen LogP contribution in [0.3, 0.4) is 0 Å². The lowest BCUT2D eigenvalue weighted by Gasteiger charge is -2.14. The van der Waals surface area contributed by atoms with E-state index < -0.39 is 12.2 Å². The summed E-state index contributed by atoms with van der Waals surface area (Å²) in [5.41, 5.74) is 7.65. The summed E-state index contributed by atoms with van der Waals surface area (Å²) in [7, 11) is 2.07.